The van der Waals surface area contributed by atoms with E-state index in [1.807, 2.05) is 30.3 Å². The van der Waals surface area contributed by atoms with Crippen LogP contribution in [0.25, 0.3) is 0 Å². The van der Waals surface area contributed by atoms with Crippen molar-refractivity contribution in [2.45, 2.75) is 0 Å². The van der Waals surface area contributed by atoms with Crippen molar-refractivity contribution in [3.05, 3.63) is 42.6 Å². The Labute approximate surface area is 63.3 Å². The molecule has 0 unspecified atom stereocenters. The fourth-order valence-electron chi connectivity index (χ4n) is 0.598. The molecule has 0 heterocycles. The van der Waals surface area contributed by atoms with Crippen LogP contribution in [-0.2, 0) is 0 Å². The maximum absolute atomic E-state index is 5.26. The first kappa shape index (κ1) is 7.09. The average Bonchev–Trinajstić information content (AvgIpc) is 2.03. The second-order valence-corrected chi connectivity index (χ2v) is 2.59. The smallest absolute Gasteiger partial charge is 0.342 e. The highest BCUT2D eigenvalue weighted by Crippen LogP contribution is 2.06. The third kappa shape index (κ3) is 2.07. The van der Waals surface area contributed by atoms with Crippen LogP contribution in [0.15, 0.2) is 42.6 Å². The van der Waals surface area contributed by atoms with Gasteiger partial charge in [-0.2, -0.15) is 0 Å². The highest BCUT2D eigenvalue weighted by molar-refractivity contribution is 6.35. The molecular formula is C8H8OSi. The van der Waals surface area contributed by atoms with Gasteiger partial charge in [0.1, 0.15) is 5.75 Å². The van der Waals surface area contributed by atoms with Crippen LogP contribution in [0.4, 0.5) is 0 Å². The molecule has 0 aromatic heterocycles. The third-order valence-corrected chi connectivity index (χ3v) is 1.52. The van der Waals surface area contributed by atoms with Crippen LogP contribution in [0.2, 0.25) is 0 Å². The van der Waals surface area contributed by atoms with Crippen molar-refractivity contribution in [3.8, 4) is 5.75 Å². The van der Waals surface area contributed by atoms with Crippen molar-refractivity contribution in [3.63, 3.8) is 0 Å². The van der Waals surface area contributed by atoms with Gasteiger partial charge in [-0.3, -0.25) is 0 Å². The molecule has 0 saturated heterocycles. The molecule has 1 rings (SSSR count). The lowest BCUT2D eigenvalue weighted by Crippen LogP contribution is -1.96. The molecule has 50 valence electrons. The van der Waals surface area contributed by atoms with E-state index in [4.69, 9.17) is 4.43 Å². The Morgan fingerprint density at radius 2 is 2.00 bits per heavy atom. The normalized spacial score (nSPS) is 8.80. The minimum absolute atomic E-state index is 0.356. The van der Waals surface area contributed by atoms with Gasteiger partial charge in [0, 0.05) is 0 Å². The van der Waals surface area contributed by atoms with Crippen molar-refractivity contribution in [1.29, 1.82) is 0 Å². The number of hydrogen-bond donors (Lipinski definition) is 0. The molecule has 10 heavy (non-hydrogen) atoms. The summed E-state index contributed by atoms with van der Waals surface area (Å²) in [4.78, 5) is 0. The van der Waals surface area contributed by atoms with E-state index in [9.17, 15) is 0 Å². The quantitative estimate of drug-likeness (QED) is 0.594. The number of para-hydroxylation sites is 1. The summed E-state index contributed by atoms with van der Waals surface area (Å²) < 4.78 is 5.26. The van der Waals surface area contributed by atoms with Crippen LogP contribution in [-0.4, -0.2) is 9.76 Å². The van der Waals surface area contributed by atoms with E-state index in [0.717, 1.165) is 5.75 Å². The van der Waals surface area contributed by atoms with Gasteiger partial charge in [0.25, 0.3) is 0 Å². The second kappa shape index (κ2) is 3.90. The molecule has 0 atom stereocenters. The van der Waals surface area contributed by atoms with Gasteiger partial charge in [-0.1, -0.05) is 23.9 Å². The van der Waals surface area contributed by atoms with Gasteiger partial charge in [-0.25, -0.2) is 0 Å². The topological polar surface area (TPSA) is 9.23 Å². The molecule has 1 aromatic rings. The van der Waals surface area contributed by atoms with Gasteiger partial charge < -0.3 is 4.43 Å². The summed E-state index contributed by atoms with van der Waals surface area (Å²) in [5, 5.41) is 0. The molecule has 1 nitrogen and oxygen atoms in total. The summed E-state index contributed by atoms with van der Waals surface area (Å²) in [6, 6.07) is 9.71. The van der Waals surface area contributed by atoms with Crippen molar-refractivity contribution in [2.75, 3.05) is 0 Å². The van der Waals surface area contributed by atoms with Crippen LogP contribution in [0, 0.1) is 0 Å². The van der Waals surface area contributed by atoms with Crippen molar-refractivity contribution < 1.29 is 4.43 Å². The lowest BCUT2D eigenvalue weighted by molar-refractivity contribution is 0.604. The Balaban J connectivity index is 2.50. The van der Waals surface area contributed by atoms with Crippen LogP contribution < -0.4 is 4.43 Å². The van der Waals surface area contributed by atoms with E-state index >= 15 is 0 Å². The monoisotopic (exact) mass is 148 g/mol. The molecule has 1 aromatic carbocycles. The first-order valence-electron chi connectivity index (χ1n) is 3.02. The lowest BCUT2D eigenvalue weighted by atomic mass is 10.3. The van der Waals surface area contributed by atoms with Gasteiger partial charge in [0.05, 0.1) is 0 Å². The molecule has 0 amide bonds. The zero-order valence-corrected chi connectivity index (χ0v) is 6.58. The van der Waals surface area contributed by atoms with Crippen LogP contribution in [0.3, 0.4) is 0 Å². The number of benzene rings is 1. The second-order valence-electron chi connectivity index (χ2n) is 1.74. The van der Waals surface area contributed by atoms with E-state index in [1.54, 1.807) is 5.70 Å². The van der Waals surface area contributed by atoms with Crippen molar-refractivity contribution in [1.82, 2.24) is 0 Å². The third-order valence-electron chi connectivity index (χ3n) is 1.00. The molecule has 0 spiro atoms. The first-order chi connectivity index (χ1) is 4.93. The van der Waals surface area contributed by atoms with E-state index < -0.39 is 0 Å². The highest BCUT2D eigenvalue weighted by atomic mass is 28.2. The Hall–Kier alpha value is -1.02. The molecule has 0 aliphatic heterocycles. The first-order valence-corrected chi connectivity index (χ1v) is 4.00. The van der Waals surface area contributed by atoms with Crippen LogP contribution >= 0.6 is 0 Å². The maximum atomic E-state index is 5.26. The Morgan fingerprint density at radius 1 is 1.30 bits per heavy atom. The van der Waals surface area contributed by atoms with Gasteiger partial charge in [-0.15, -0.1) is 6.58 Å². The molecule has 0 fully saturated rings. The predicted molar refractivity (Wildman–Crippen MR) is 43.0 cm³/mol. The Morgan fingerprint density at radius 3 is 2.60 bits per heavy atom. The summed E-state index contributed by atoms with van der Waals surface area (Å²) in [5.74, 6) is 0.903. The van der Waals surface area contributed by atoms with Crippen LogP contribution in [0.5, 0.6) is 5.75 Å². The minimum Gasteiger partial charge on any atom is -0.536 e. The summed E-state index contributed by atoms with van der Waals surface area (Å²) in [7, 11) is 0.356. The van der Waals surface area contributed by atoms with E-state index in [1.165, 1.54) is 0 Å². The van der Waals surface area contributed by atoms with Crippen molar-refractivity contribution >= 4 is 9.76 Å². The summed E-state index contributed by atoms with van der Waals surface area (Å²) in [5.41, 5.74) is 1.76. The van der Waals surface area contributed by atoms with Crippen LogP contribution in [0.1, 0.15) is 0 Å². The average molecular weight is 148 g/mol. The van der Waals surface area contributed by atoms with E-state index in [-0.39, 0.29) is 0 Å². The molecule has 0 aliphatic rings. The summed E-state index contributed by atoms with van der Waals surface area (Å²) in [6.07, 6.45) is 0. The lowest BCUT2D eigenvalue weighted by Gasteiger charge is -1.98. The van der Waals surface area contributed by atoms with Crippen molar-refractivity contribution in [2.24, 2.45) is 0 Å². The molecule has 0 N–H and O–H groups in total. The SMILES string of the molecule is C=C[Si]Oc1ccccc1. The minimum atomic E-state index is 0.356. The zero-order valence-electron chi connectivity index (χ0n) is 5.58. The predicted octanol–water partition coefficient (Wildman–Crippen LogP) is 1.83. The maximum Gasteiger partial charge on any atom is 0.342 e. The molecular weight excluding hydrogens is 140 g/mol. The molecule has 0 aliphatic carbocycles. The van der Waals surface area contributed by atoms with Gasteiger partial charge in [-0.05, 0) is 12.1 Å². The molecule has 0 bridgehead atoms. The number of hydrogen-bond acceptors (Lipinski definition) is 1. The molecule has 2 radical (unpaired) electrons. The number of rotatable bonds is 3. The summed E-state index contributed by atoms with van der Waals surface area (Å²) in [6.45, 7) is 3.56. The van der Waals surface area contributed by atoms with Gasteiger partial charge in [0.2, 0.25) is 0 Å². The van der Waals surface area contributed by atoms with Gasteiger partial charge in [0.15, 0.2) is 0 Å². The Kier molecular flexibility index (Phi) is 2.77. The molecule has 2 heteroatoms. The van der Waals surface area contributed by atoms with E-state index in [0.29, 0.717) is 9.76 Å². The zero-order chi connectivity index (χ0) is 7.23. The summed E-state index contributed by atoms with van der Waals surface area (Å²) >= 11 is 0. The largest absolute Gasteiger partial charge is 0.536 e. The van der Waals surface area contributed by atoms with Gasteiger partial charge >= 0.3 is 9.76 Å². The fourth-order valence-corrected chi connectivity index (χ4v) is 0.954. The molecule has 0 saturated carbocycles. The van der Waals surface area contributed by atoms with E-state index in [2.05, 4.69) is 6.58 Å². The standard InChI is InChI=1S/C8H8OSi/c1-2-10-9-8-6-4-3-5-7-8/h2-7H,1H2. The Bertz CT molecular complexity index is 196. The fraction of sp³-hybridized carbons (Fsp3) is 0. The highest BCUT2D eigenvalue weighted by Gasteiger charge is 1.87.